The van der Waals surface area contributed by atoms with Crippen LogP contribution in [-0.2, 0) is 11.3 Å². The summed E-state index contributed by atoms with van der Waals surface area (Å²) in [6, 6.07) is 8.81. The summed E-state index contributed by atoms with van der Waals surface area (Å²) in [7, 11) is 3.08. The number of amides is 1. The number of carbonyl (C=O) groups is 1. The fraction of sp³-hybridized carbons (Fsp3) is 0.278. The normalized spacial score (nSPS) is 17.0. The second kappa shape index (κ2) is 7.31. The van der Waals surface area contributed by atoms with Crippen LogP contribution >= 0.6 is 11.8 Å². The lowest BCUT2D eigenvalue weighted by Gasteiger charge is -2.26. The summed E-state index contributed by atoms with van der Waals surface area (Å²) in [4.78, 5) is 13.9. The van der Waals surface area contributed by atoms with E-state index in [0.29, 0.717) is 11.5 Å². The van der Waals surface area contributed by atoms with Crippen molar-refractivity contribution >= 4 is 17.7 Å². The summed E-state index contributed by atoms with van der Waals surface area (Å²) in [6.45, 7) is 0.0585. The van der Waals surface area contributed by atoms with Crippen LogP contribution in [0, 0.1) is 11.6 Å². The number of benzene rings is 2. The molecule has 1 saturated heterocycles. The Labute approximate surface area is 148 Å². The van der Waals surface area contributed by atoms with Gasteiger partial charge in [0.1, 0.15) is 17.0 Å². The molecule has 0 spiro atoms. The Balaban J connectivity index is 1.95. The number of hydrogen-bond donors (Lipinski definition) is 0. The van der Waals surface area contributed by atoms with Crippen molar-refractivity contribution in [2.75, 3.05) is 20.0 Å². The molecule has 0 bridgehead atoms. The number of halogens is 2. The Morgan fingerprint density at radius 1 is 1.20 bits per heavy atom. The predicted molar refractivity (Wildman–Crippen MR) is 91.7 cm³/mol. The third-order valence-electron chi connectivity index (χ3n) is 4.02. The maximum Gasteiger partial charge on any atom is 0.234 e. The quantitative estimate of drug-likeness (QED) is 0.809. The average Bonchev–Trinajstić information content (AvgIpc) is 2.97. The third-order valence-corrected chi connectivity index (χ3v) is 5.26. The summed E-state index contributed by atoms with van der Waals surface area (Å²) >= 11 is 1.43. The van der Waals surface area contributed by atoms with Gasteiger partial charge in [-0.05, 0) is 12.1 Å². The number of para-hydroxylation sites is 1. The first-order valence-electron chi connectivity index (χ1n) is 7.61. The molecule has 7 heteroatoms. The fourth-order valence-corrected chi connectivity index (χ4v) is 4.03. The first-order chi connectivity index (χ1) is 12.0. The Kier molecular flexibility index (Phi) is 5.13. The van der Waals surface area contributed by atoms with Crippen LogP contribution in [0.3, 0.4) is 0 Å². The van der Waals surface area contributed by atoms with Crippen molar-refractivity contribution in [3.63, 3.8) is 0 Å². The van der Waals surface area contributed by atoms with E-state index in [1.807, 2.05) is 12.1 Å². The molecule has 0 saturated carbocycles. The van der Waals surface area contributed by atoms with Crippen molar-refractivity contribution in [3.05, 3.63) is 59.2 Å². The summed E-state index contributed by atoms with van der Waals surface area (Å²) in [5.41, 5.74) is 1.05. The van der Waals surface area contributed by atoms with Gasteiger partial charge in [-0.2, -0.15) is 0 Å². The molecule has 132 valence electrons. The molecule has 1 unspecified atom stereocenters. The van der Waals surface area contributed by atoms with Crippen molar-refractivity contribution in [1.82, 2.24) is 4.90 Å². The van der Waals surface area contributed by atoms with Gasteiger partial charge in [-0.3, -0.25) is 4.79 Å². The summed E-state index contributed by atoms with van der Waals surface area (Å²) in [5.74, 6) is -0.0258. The monoisotopic (exact) mass is 365 g/mol. The zero-order valence-electron chi connectivity index (χ0n) is 13.8. The molecule has 0 radical (unpaired) electrons. The minimum Gasteiger partial charge on any atom is -0.493 e. The van der Waals surface area contributed by atoms with Gasteiger partial charge in [0.15, 0.2) is 11.5 Å². The van der Waals surface area contributed by atoms with Gasteiger partial charge >= 0.3 is 0 Å². The minimum atomic E-state index is -0.666. The zero-order valence-corrected chi connectivity index (χ0v) is 14.6. The van der Waals surface area contributed by atoms with Crippen LogP contribution in [0.15, 0.2) is 36.4 Å². The van der Waals surface area contributed by atoms with Gasteiger partial charge in [0.2, 0.25) is 5.91 Å². The highest BCUT2D eigenvalue weighted by molar-refractivity contribution is 8.00. The first kappa shape index (κ1) is 17.5. The van der Waals surface area contributed by atoms with Crippen LogP contribution < -0.4 is 9.47 Å². The third kappa shape index (κ3) is 3.42. The highest BCUT2D eigenvalue weighted by atomic mass is 32.2. The van der Waals surface area contributed by atoms with Gasteiger partial charge in [0, 0.05) is 17.2 Å². The van der Waals surface area contributed by atoms with Gasteiger partial charge in [0.25, 0.3) is 0 Å². The van der Waals surface area contributed by atoms with Crippen LogP contribution in [-0.4, -0.2) is 30.8 Å². The van der Waals surface area contributed by atoms with Gasteiger partial charge in [0.05, 0.1) is 26.5 Å². The topological polar surface area (TPSA) is 38.8 Å². The molecule has 1 aliphatic heterocycles. The van der Waals surface area contributed by atoms with Crippen LogP contribution in [0.2, 0.25) is 0 Å². The molecule has 1 fully saturated rings. The zero-order chi connectivity index (χ0) is 18.0. The molecule has 1 heterocycles. The standard InChI is InChI=1S/C18H17F2NO3S/c1-23-15-5-3-4-13(17(15)24-2)18-21(16(22)10-25-18)9-11-6-7-12(19)8-14(11)20/h3-8,18H,9-10H2,1-2H3. The van der Waals surface area contributed by atoms with Crippen molar-refractivity contribution < 1.29 is 23.0 Å². The molecule has 25 heavy (non-hydrogen) atoms. The van der Waals surface area contributed by atoms with E-state index in [1.54, 1.807) is 18.1 Å². The molecular formula is C18H17F2NO3S. The Morgan fingerprint density at radius 3 is 2.68 bits per heavy atom. The summed E-state index contributed by atoms with van der Waals surface area (Å²) < 4.78 is 37.9. The van der Waals surface area contributed by atoms with E-state index in [9.17, 15) is 13.6 Å². The fourth-order valence-electron chi connectivity index (χ4n) is 2.82. The Hall–Kier alpha value is -2.28. The average molecular weight is 365 g/mol. The maximum absolute atomic E-state index is 14.0. The molecule has 0 aromatic heterocycles. The van der Waals surface area contributed by atoms with E-state index in [-0.39, 0.29) is 29.1 Å². The van der Waals surface area contributed by atoms with Crippen molar-refractivity contribution in [3.8, 4) is 11.5 Å². The molecule has 1 atom stereocenters. The lowest BCUT2D eigenvalue weighted by Crippen LogP contribution is -2.28. The molecule has 1 amide bonds. The Morgan fingerprint density at radius 2 is 2.00 bits per heavy atom. The summed E-state index contributed by atoms with van der Waals surface area (Å²) in [5, 5.41) is -0.331. The lowest BCUT2D eigenvalue weighted by molar-refractivity contribution is -0.128. The van der Waals surface area contributed by atoms with Gasteiger partial charge < -0.3 is 14.4 Å². The highest BCUT2D eigenvalue weighted by Crippen LogP contribution is 2.46. The number of nitrogens with zero attached hydrogens (tertiary/aromatic N) is 1. The largest absolute Gasteiger partial charge is 0.493 e. The predicted octanol–water partition coefficient (Wildman–Crippen LogP) is 3.76. The van der Waals surface area contributed by atoms with E-state index < -0.39 is 11.6 Å². The number of carbonyl (C=O) groups excluding carboxylic acids is 1. The smallest absolute Gasteiger partial charge is 0.234 e. The number of methoxy groups -OCH3 is 2. The van der Waals surface area contributed by atoms with Crippen molar-refractivity contribution in [2.24, 2.45) is 0 Å². The van der Waals surface area contributed by atoms with E-state index in [2.05, 4.69) is 0 Å². The number of ether oxygens (including phenoxy) is 2. The highest BCUT2D eigenvalue weighted by Gasteiger charge is 2.35. The Bertz CT molecular complexity index is 800. The van der Waals surface area contributed by atoms with Crippen molar-refractivity contribution in [1.29, 1.82) is 0 Å². The summed E-state index contributed by atoms with van der Waals surface area (Å²) in [6.07, 6.45) is 0. The molecule has 0 aliphatic carbocycles. The van der Waals surface area contributed by atoms with E-state index >= 15 is 0 Å². The second-order valence-corrected chi connectivity index (χ2v) is 6.57. The van der Waals surface area contributed by atoms with Crippen LogP contribution in [0.1, 0.15) is 16.5 Å². The minimum absolute atomic E-state index is 0.0585. The van der Waals surface area contributed by atoms with E-state index in [0.717, 1.165) is 11.6 Å². The lowest BCUT2D eigenvalue weighted by atomic mass is 10.1. The van der Waals surface area contributed by atoms with Crippen LogP contribution in [0.5, 0.6) is 11.5 Å². The molecule has 1 aliphatic rings. The molecule has 2 aromatic carbocycles. The number of hydrogen-bond acceptors (Lipinski definition) is 4. The molecule has 0 N–H and O–H groups in total. The number of thioether (sulfide) groups is 1. The number of rotatable bonds is 5. The maximum atomic E-state index is 14.0. The second-order valence-electron chi connectivity index (χ2n) is 5.50. The van der Waals surface area contributed by atoms with Crippen LogP contribution in [0.25, 0.3) is 0 Å². The molecule has 2 aromatic rings. The van der Waals surface area contributed by atoms with E-state index in [4.69, 9.17) is 9.47 Å². The molecule has 3 rings (SSSR count). The van der Waals surface area contributed by atoms with E-state index in [1.165, 1.54) is 31.0 Å². The van der Waals surface area contributed by atoms with Crippen LogP contribution in [0.4, 0.5) is 8.78 Å². The molecule has 4 nitrogen and oxygen atoms in total. The molecular weight excluding hydrogens is 348 g/mol. The van der Waals surface area contributed by atoms with Gasteiger partial charge in [-0.1, -0.05) is 18.2 Å². The van der Waals surface area contributed by atoms with Gasteiger partial charge in [-0.15, -0.1) is 11.8 Å². The first-order valence-corrected chi connectivity index (χ1v) is 8.66. The van der Waals surface area contributed by atoms with Crippen molar-refractivity contribution in [2.45, 2.75) is 11.9 Å². The SMILES string of the molecule is COc1cccc(C2SCC(=O)N2Cc2ccc(F)cc2F)c1OC. The van der Waals surface area contributed by atoms with Gasteiger partial charge in [-0.25, -0.2) is 8.78 Å².